The molecule has 4 heteroatoms. The summed E-state index contributed by atoms with van der Waals surface area (Å²) in [6.07, 6.45) is 5.17. The lowest BCUT2D eigenvalue weighted by Gasteiger charge is -2.07. The fraction of sp³-hybridized carbons (Fsp3) is 0.769. The van der Waals surface area contributed by atoms with E-state index in [0.717, 1.165) is 52.1 Å². The van der Waals surface area contributed by atoms with Crippen molar-refractivity contribution in [1.29, 1.82) is 0 Å². The van der Waals surface area contributed by atoms with Gasteiger partial charge in [0.2, 0.25) is 0 Å². The maximum Gasteiger partial charge on any atom is 0.0522 e. The SMILES string of the molecule is CCCOCCCNCc1ccnn1CCC. The summed E-state index contributed by atoms with van der Waals surface area (Å²) in [4.78, 5) is 0. The molecule has 0 unspecified atom stereocenters. The van der Waals surface area contributed by atoms with E-state index in [0.29, 0.717) is 0 Å². The Labute approximate surface area is 104 Å². The number of aromatic nitrogens is 2. The Morgan fingerprint density at radius 3 is 2.94 bits per heavy atom. The molecule has 1 aromatic heterocycles. The van der Waals surface area contributed by atoms with E-state index in [2.05, 4.69) is 35.0 Å². The summed E-state index contributed by atoms with van der Waals surface area (Å²) in [5.74, 6) is 0. The summed E-state index contributed by atoms with van der Waals surface area (Å²) in [6.45, 7) is 8.94. The van der Waals surface area contributed by atoms with E-state index >= 15 is 0 Å². The molecule has 1 rings (SSSR count). The van der Waals surface area contributed by atoms with Crippen LogP contribution < -0.4 is 5.32 Å². The molecule has 1 aromatic rings. The first-order valence-corrected chi connectivity index (χ1v) is 6.67. The molecule has 0 fully saturated rings. The van der Waals surface area contributed by atoms with E-state index in [-0.39, 0.29) is 0 Å². The Hall–Kier alpha value is -0.870. The third-order valence-electron chi connectivity index (χ3n) is 2.54. The van der Waals surface area contributed by atoms with Crippen molar-refractivity contribution in [2.45, 2.75) is 46.2 Å². The lowest BCUT2D eigenvalue weighted by molar-refractivity contribution is 0.132. The number of hydrogen-bond acceptors (Lipinski definition) is 3. The van der Waals surface area contributed by atoms with Crippen LogP contribution in [-0.2, 0) is 17.8 Å². The van der Waals surface area contributed by atoms with Crippen molar-refractivity contribution < 1.29 is 4.74 Å². The maximum absolute atomic E-state index is 5.42. The van der Waals surface area contributed by atoms with Crippen molar-refractivity contribution in [3.05, 3.63) is 18.0 Å². The summed E-state index contributed by atoms with van der Waals surface area (Å²) in [5.41, 5.74) is 1.27. The van der Waals surface area contributed by atoms with Gasteiger partial charge in [-0.25, -0.2) is 0 Å². The molecule has 0 spiro atoms. The zero-order valence-corrected chi connectivity index (χ0v) is 11.1. The van der Waals surface area contributed by atoms with Gasteiger partial charge in [0, 0.05) is 32.5 Å². The van der Waals surface area contributed by atoms with E-state index in [9.17, 15) is 0 Å². The summed E-state index contributed by atoms with van der Waals surface area (Å²) in [7, 11) is 0. The van der Waals surface area contributed by atoms with Crippen molar-refractivity contribution in [2.24, 2.45) is 0 Å². The van der Waals surface area contributed by atoms with E-state index in [1.807, 2.05) is 6.20 Å². The number of nitrogens with zero attached hydrogens (tertiary/aromatic N) is 2. The molecule has 0 atom stereocenters. The van der Waals surface area contributed by atoms with Crippen molar-refractivity contribution in [3.8, 4) is 0 Å². The monoisotopic (exact) mass is 239 g/mol. The molecular formula is C13H25N3O. The van der Waals surface area contributed by atoms with Gasteiger partial charge in [-0.15, -0.1) is 0 Å². The molecule has 0 aliphatic carbocycles. The number of aryl methyl sites for hydroxylation is 1. The molecule has 0 saturated heterocycles. The molecule has 4 nitrogen and oxygen atoms in total. The fourth-order valence-corrected chi connectivity index (χ4v) is 1.69. The van der Waals surface area contributed by atoms with Gasteiger partial charge >= 0.3 is 0 Å². The van der Waals surface area contributed by atoms with Crippen LogP contribution in [0.2, 0.25) is 0 Å². The molecular weight excluding hydrogens is 214 g/mol. The van der Waals surface area contributed by atoms with Gasteiger partial charge in [0.15, 0.2) is 0 Å². The van der Waals surface area contributed by atoms with Crippen LogP contribution >= 0.6 is 0 Å². The lowest BCUT2D eigenvalue weighted by atomic mass is 10.3. The first kappa shape index (κ1) is 14.2. The Morgan fingerprint density at radius 2 is 2.18 bits per heavy atom. The topological polar surface area (TPSA) is 39.1 Å². The van der Waals surface area contributed by atoms with Crippen molar-refractivity contribution >= 4 is 0 Å². The summed E-state index contributed by atoms with van der Waals surface area (Å²) in [5, 5.41) is 7.72. The molecule has 1 N–H and O–H groups in total. The van der Waals surface area contributed by atoms with Crippen molar-refractivity contribution in [3.63, 3.8) is 0 Å². The lowest BCUT2D eigenvalue weighted by Crippen LogP contribution is -2.19. The highest BCUT2D eigenvalue weighted by molar-refractivity contribution is 4.99. The van der Waals surface area contributed by atoms with E-state index in [4.69, 9.17) is 4.74 Å². The van der Waals surface area contributed by atoms with E-state index < -0.39 is 0 Å². The number of hydrogen-bond donors (Lipinski definition) is 1. The second-order valence-corrected chi connectivity index (χ2v) is 4.19. The van der Waals surface area contributed by atoms with Crippen LogP contribution in [0.3, 0.4) is 0 Å². The summed E-state index contributed by atoms with van der Waals surface area (Å²) < 4.78 is 7.49. The molecule has 0 saturated carbocycles. The van der Waals surface area contributed by atoms with Crippen molar-refractivity contribution in [1.82, 2.24) is 15.1 Å². The van der Waals surface area contributed by atoms with Gasteiger partial charge in [-0.05, 0) is 31.9 Å². The maximum atomic E-state index is 5.42. The molecule has 1 heterocycles. The molecule has 0 aliphatic rings. The number of nitrogens with one attached hydrogen (secondary N) is 1. The Morgan fingerprint density at radius 1 is 1.29 bits per heavy atom. The minimum absolute atomic E-state index is 0.856. The number of ether oxygens (including phenoxy) is 1. The van der Waals surface area contributed by atoms with Crippen LogP contribution in [0.4, 0.5) is 0 Å². The minimum Gasteiger partial charge on any atom is -0.381 e. The third kappa shape index (κ3) is 5.84. The predicted molar refractivity (Wildman–Crippen MR) is 70.0 cm³/mol. The second kappa shape index (κ2) is 9.19. The average molecular weight is 239 g/mol. The Bertz CT molecular complexity index is 286. The predicted octanol–water partition coefficient (Wildman–Crippen LogP) is 2.20. The van der Waals surface area contributed by atoms with Gasteiger partial charge in [-0.1, -0.05) is 13.8 Å². The zero-order chi connectivity index (χ0) is 12.3. The molecule has 0 bridgehead atoms. The molecule has 0 amide bonds. The van der Waals surface area contributed by atoms with E-state index in [1.54, 1.807) is 0 Å². The van der Waals surface area contributed by atoms with Crippen LogP contribution in [0.5, 0.6) is 0 Å². The first-order valence-electron chi connectivity index (χ1n) is 6.67. The minimum atomic E-state index is 0.856. The summed E-state index contributed by atoms with van der Waals surface area (Å²) in [6, 6.07) is 2.08. The van der Waals surface area contributed by atoms with Crippen LogP contribution in [0.25, 0.3) is 0 Å². The molecule has 0 aromatic carbocycles. The molecule has 17 heavy (non-hydrogen) atoms. The number of rotatable bonds is 10. The highest BCUT2D eigenvalue weighted by Crippen LogP contribution is 1.99. The van der Waals surface area contributed by atoms with Crippen LogP contribution in [0.15, 0.2) is 12.3 Å². The van der Waals surface area contributed by atoms with Crippen LogP contribution in [-0.4, -0.2) is 29.5 Å². The fourth-order valence-electron chi connectivity index (χ4n) is 1.69. The highest BCUT2D eigenvalue weighted by Gasteiger charge is 2.00. The molecule has 0 aliphatic heterocycles. The standard InChI is InChI=1S/C13H25N3O/c1-3-9-16-13(6-8-15-16)12-14-7-5-11-17-10-4-2/h6,8,14H,3-5,7,9-12H2,1-2H3. The average Bonchev–Trinajstić information content (AvgIpc) is 2.76. The summed E-state index contributed by atoms with van der Waals surface area (Å²) >= 11 is 0. The zero-order valence-electron chi connectivity index (χ0n) is 11.1. The first-order chi connectivity index (χ1) is 8.38. The normalized spacial score (nSPS) is 10.9. The molecule has 98 valence electrons. The van der Waals surface area contributed by atoms with Gasteiger partial charge in [0.25, 0.3) is 0 Å². The smallest absolute Gasteiger partial charge is 0.0522 e. The van der Waals surface area contributed by atoms with Gasteiger partial charge in [0.05, 0.1) is 5.69 Å². The largest absolute Gasteiger partial charge is 0.381 e. The molecule has 0 radical (unpaired) electrons. The Balaban J connectivity index is 2.07. The third-order valence-corrected chi connectivity index (χ3v) is 2.54. The van der Waals surface area contributed by atoms with Crippen molar-refractivity contribution in [2.75, 3.05) is 19.8 Å². The quantitative estimate of drug-likeness (QED) is 0.636. The van der Waals surface area contributed by atoms with Gasteiger partial charge in [-0.2, -0.15) is 5.10 Å². The second-order valence-electron chi connectivity index (χ2n) is 4.19. The Kier molecular flexibility index (Phi) is 7.67. The van der Waals surface area contributed by atoms with Crippen LogP contribution in [0, 0.1) is 0 Å². The van der Waals surface area contributed by atoms with Gasteiger partial charge < -0.3 is 10.1 Å². The highest BCUT2D eigenvalue weighted by atomic mass is 16.5. The van der Waals surface area contributed by atoms with Gasteiger partial charge in [0.1, 0.15) is 0 Å². The van der Waals surface area contributed by atoms with E-state index in [1.165, 1.54) is 5.69 Å². The van der Waals surface area contributed by atoms with Gasteiger partial charge in [-0.3, -0.25) is 4.68 Å². The van der Waals surface area contributed by atoms with Crippen LogP contribution in [0.1, 0.15) is 38.8 Å².